The Balaban J connectivity index is 1.38. The number of amides is 1. The van der Waals surface area contributed by atoms with E-state index < -0.39 is 5.41 Å². The number of carbonyl (C=O) groups is 1. The molecule has 0 radical (unpaired) electrons. The lowest BCUT2D eigenvalue weighted by Gasteiger charge is -2.12. The first-order valence-corrected chi connectivity index (χ1v) is 8.85. The van der Waals surface area contributed by atoms with Crippen molar-refractivity contribution < 1.29 is 18.8 Å². The van der Waals surface area contributed by atoms with Crippen LogP contribution in [0, 0.1) is 0 Å². The summed E-state index contributed by atoms with van der Waals surface area (Å²) >= 11 is 1.58. The first kappa shape index (κ1) is 14.5. The number of aromatic nitrogens is 1. The minimum absolute atomic E-state index is 0.0719. The van der Waals surface area contributed by atoms with Gasteiger partial charge in [-0.15, -0.1) is 11.3 Å². The number of thiophene rings is 1. The molecule has 0 bridgehead atoms. The van der Waals surface area contributed by atoms with E-state index in [1.807, 2.05) is 23.6 Å². The van der Waals surface area contributed by atoms with E-state index in [9.17, 15) is 4.79 Å². The number of ether oxygens (including phenoxy) is 2. The van der Waals surface area contributed by atoms with Gasteiger partial charge >= 0.3 is 0 Å². The second-order valence-electron chi connectivity index (χ2n) is 6.16. The Morgan fingerprint density at radius 1 is 1.16 bits per heavy atom. The molecule has 1 saturated carbocycles. The number of hydrogen-bond donors (Lipinski definition) is 1. The van der Waals surface area contributed by atoms with Gasteiger partial charge in [0.15, 0.2) is 17.3 Å². The summed E-state index contributed by atoms with van der Waals surface area (Å²) in [5.74, 6) is 1.96. The third-order valence-corrected chi connectivity index (χ3v) is 5.46. The predicted molar refractivity (Wildman–Crippen MR) is 91.9 cm³/mol. The molecule has 0 atom stereocenters. The van der Waals surface area contributed by atoms with E-state index in [4.69, 9.17) is 14.0 Å². The van der Waals surface area contributed by atoms with Crippen molar-refractivity contribution in [2.45, 2.75) is 18.3 Å². The van der Waals surface area contributed by atoms with E-state index in [-0.39, 0.29) is 12.7 Å². The molecule has 6 nitrogen and oxygen atoms in total. The van der Waals surface area contributed by atoms with Crippen LogP contribution in [0.15, 0.2) is 46.3 Å². The molecule has 7 heteroatoms. The fourth-order valence-corrected chi connectivity index (χ4v) is 3.66. The Kier molecular flexibility index (Phi) is 3.11. The summed E-state index contributed by atoms with van der Waals surface area (Å²) in [5.41, 5.74) is 0.770. The van der Waals surface area contributed by atoms with E-state index in [1.54, 1.807) is 29.5 Å². The van der Waals surface area contributed by atoms with E-state index in [2.05, 4.69) is 10.5 Å². The Labute approximate surface area is 147 Å². The number of rotatable bonds is 4. The molecule has 126 valence electrons. The Morgan fingerprint density at radius 2 is 2.04 bits per heavy atom. The highest BCUT2D eigenvalue weighted by atomic mass is 32.1. The van der Waals surface area contributed by atoms with Crippen molar-refractivity contribution in [2.24, 2.45) is 0 Å². The van der Waals surface area contributed by atoms with Crippen molar-refractivity contribution in [3.05, 3.63) is 47.5 Å². The topological polar surface area (TPSA) is 73.6 Å². The Hall–Kier alpha value is -2.80. The SMILES string of the molecule is O=C(Nc1ccc2c(c1)OCO2)C1(c2cc(-c3cccs3)on2)CC1. The van der Waals surface area contributed by atoms with Crippen molar-refractivity contribution in [3.63, 3.8) is 0 Å². The Bertz CT molecular complexity index is 944. The minimum atomic E-state index is -0.602. The summed E-state index contributed by atoms with van der Waals surface area (Å²) in [7, 11) is 0. The molecule has 3 aromatic rings. The van der Waals surface area contributed by atoms with Gasteiger partial charge in [0.2, 0.25) is 12.7 Å². The summed E-state index contributed by atoms with van der Waals surface area (Å²) in [6, 6.07) is 11.2. The molecule has 1 aromatic carbocycles. The van der Waals surface area contributed by atoms with Crippen LogP contribution >= 0.6 is 11.3 Å². The highest BCUT2D eigenvalue weighted by Crippen LogP contribution is 2.49. The lowest BCUT2D eigenvalue weighted by atomic mass is 10.0. The van der Waals surface area contributed by atoms with Gasteiger partial charge in [0.25, 0.3) is 0 Å². The second-order valence-corrected chi connectivity index (χ2v) is 7.11. The molecule has 2 aromatic heterocycles. The van der Waals surface area contributed by atoms with Gasteiger partial charge in [-0.05, 0) is 36.4 Å². The van der Waals surface area contributed by atoms with Crippen LogP contribution in [0.5, 0.6) is 11.5 Å². The number of benzene rings is 1. The van der Waals surface area contributed by atoms with Gasteiger partial charge in [0.1, 0.15) is 0 Å². The van der Waals surface area contributed by atoms with Gasteiger partial charge in [0, 0.05) is 17.8 Å². The molecular formula is C18H14N2O4S. The number of anilines is 1. The Morgan fingerprint density at radius 3 is 2.84 bits per heavy atom. The van der Waals surface area contributed by atoms with Crippen LogP contribution < -0.4 is 14.8 Å². The fourth-order valence-electron chi connectivity index (χ4n) is 2.99. The maximum atomic E-state index is 12.8. The van der Waals surface area contributed by atoms with Gasteiger partial charge in [-0.3, -0.25) is 4.79 Å². The first-order valence-electron chi connectivity index (χ1n) is 7.97. The van der Waals surface area contributed by atoms with Gasteiger partial charge < -0.3 is 19.3 Å². The monoisotopic (exact) mass is 354 g/mol. The molecule has 5 rings (SSSR count). The van der Waals surface area contributed by atoms with Crippen LogP contribution in [0.4, 0.5) is 5.69 Å². The number of carbonyl (C=O) groups excluding carboxylic acids is 1. The average molecular weight is 354 g/mol. The molecule has 2 aliphatic rings. The van der Waals surface area contributed by atoms with Crippen LogP contribution in [0.1, 0.15) is 18.5 Å². The molecule has 0 spiro atoms. The molecule has 0 saturated heterocycles. The maximum absolute atomic E-state index is 12.8. The first-order chi connectivity index (χ1) is 12.2. The average Bonchev–Trinajstić information content (AvgIpc) is 3.07. The minimum Gasteiger partial charge on any atom is -0.454 e. The predicted octanol–water partition coefficient (Wildman–Crippen LogP) is 3.80. The van der Waals surface area contributed by atoms with E-state index >= 15 is 0 Å². The molecule has 1 amide bonds. The summed E-state index contributed by atoms with van der Waals surface area (Å²) in [5, 5.41) is 9.10. The molecule has 1 N–H and O–H groups in total. The largest absolute Gasteiger partial charge is 0.454 e. The third kappa shape index (κ3) is 2.39. The second kappa shape index (κ2) is 5.35. The van der Waals surface area contributed by atoms with Crippen LogP contribution in [-0.4, -0.2) is 17.9 Å². The van der Waals surface area contributed by atoms with E-state index in [0.29, 0.717) is 28.6 Å². The summed E-state index contributed by atoms with van der Waals surface area (Å²) in [4.78, 5) is 13.8. The zero-order valence-corrected chi connectivity index (χ0v) is 14.0. The molecule has 25 heavy (non-hydrogen) atoms. The number of nitrogens with zero attached hydrogens (tertiary/aromatic N) is 1. The molecule has 0 unspecified atom stereocenters. The highest BCUT2D eigenvalue weighted by Gasteiger charge is 2.54. The van der Waals surface area contributed by atoms with Crippen LogP contribution in [-0.2, 0) is 10.2 Å². The van der Waals surface area contributed by atoms with Crippen LogP contribution in [0.2, 0.25) is 0 Å². The summed E-state index contributed by atoms with van der Waals surface area (Å²) < 4.78 is 16.1. The standard InChI is InChI=1S/C18H14N2O4S/c21-17(19-11-3-4-12-13(8-11)23-10-22-12)18(5-6-18)16-9-14(24-20-16)15-2-1-7-25-15/h1-4,7-9H,5-6,10H2,(H,19,21). The quantitative estimate of drug-likeness (QED) is 0.771. The van der Waals surface area contributed by atoms with E-state index in [0.717, 1.165) is 17.7 Å². The summed E-state index contributed by atoms with van der Waals surface area (Å²) in [6.07, 6.45) is 1.53. The molecule has 1 fully saturated rings. The smallest absolute Gasteiger partial charge is 0.236 e. The van der Waals surface area contributed by atoms with Gasteiger partial charge in [-0.1, -0.05) is 11.2 Å². The molecule has 3 heterocycles. The molecular weight excluding hydrogens is 340 g/mol. The van der Waals surface area contributed by atoms with Gasteiger partial charge in [-0.25, -0.2) is 0 Å². The zero-order chi connectivity index (χ0) is 16.9. The van der Waals surface area contributed by atoms with Crippen molar-refractivity contribution in [3.8, 4) is 22.1 Å². The van der Waals surface area contributed by atoms with Crippen molar-refractivity contribution in [1.29, 1.82) is 0 Å². The highest BCUT2D eigenvalue weighted by molar-refractivity contribution is 7.13. The summed E-state index contributed by atoms with van der Waals surface area (Å²) in [6.45, 7) is 0.209. The number of hydrogen-bond acceptors (Lipinski definition) is 6. The lowest BCUT2D eigenvalue weighted by Crippen LogP contribution is -2.28. The third-order valence-electron chi connectivity index (χ3n) is 4.58. The van der Waals surface area contributed by atoms with Crippen molar-refractivity contribution in [1.82, 2.24) is 5.16 Å². The number of fused-ring (bicyclic) bond motifs is 1. The van der Waals surface area contributed by atoms with Gasteiger partial charge in [0.05, 0.1) is 16.0 Å². The van der Waals surface area contributed by atoms with Gasteiger partial charge in [-0.2, -0.15) is 0 Å². The maximum Gasteiger partial charge on any atom is 0.236 e. The van der Waals surface area contributed by atoms with Crippen LogP contribution in [0.3, 0.4) is 0 Å². The fraction of sp³-hybridized carbons (Fsp3) is 0.222. The van der Waals surface area contributed by atoms with Crippen molar-refractivity contribution >= 4 is 22.9 Å². The van der Waals surface area contributed by atoms with Crippen molar-refractivity contribution in [2.75, 3.05) is 12.1 Å². The zero-order valence-electron chi connectivity index (χ0n) is 13.2. The lowest BCUT2D eigenvalue weighted by molar-refractivity contribution is -0.118. The normalized spacial score (nSPS) is 16.6. The molecule has 1 aliphatic carbocycles. The number of nitrogens with one attached hydrogen (secondary N) is 1. The van der Waals surface area contributed by atoms with E-state index in [1.165, 1.54) is 0 Å². The molecule has 1 aliphatic heterocycles. The van der Waals surface area contributed by atoms with Crippen LogP contribution in [0.25, 0.3) is 10.6 Å².